The van der Waals surface area contributed by atoms with E-state index in [1.54, 1.807) is 12.3 Å². The molecule has 2 aliphatic rings. The van der Waals surface area contributed by atoms with Crippen LogP contribution in [0.3, 0.4) is 0 Å². The number of benzene rings is 1. The lowest BCUT2D eigenvalue weighted by molar-refractivity contribution is -0.135. The average Bonchev–Trinajstić information content (AvgIpc) is 3.51. The fourth-order valence-electron chi connectivity index (χ4n) is 6.46. The van der Waals surface area contributed by atoms with Crippen molar-refractivity contribution < 1.29 is 19.1 Å². The molecule has 204 valence electrons. The van der Waals surface area contributed by atoms with E-state index in [0.29, 0.717) is 24.3 Å². The maximum Gasteiger partial charge on any atom is 0.237 e. The van der Waals surface area contributed by atoms with Crippen molar-refractivity contribution in [3.05, 3.63) is 60.3 Å². The van der Waals surface area contributed by atoms with Gasteiger partial charge in [-0.1, -0.05) is 19.6 Å². The van der Waals surface area contributed by atoms with E-state index < -0.39 is 35.4 Å². The van der Waals surface area contributed by atoms with Gasteiger partial charge in [-0.15, -0.1) is 0 Å². The molecule has 4 unspecified atom stereocenters. The van der Waals surface area contributed by atoms with Gasteiger partial charge in [0.1, 0.15) is 17.7 Å². The summed E-state index contributed by atoms with van der Waals surface area (Å²) in [6.45, 7) is 11.9. The van der Waals surface area contributed by atoms with Crippen LogP contribution in [0.15, 0.2) is 53.9 Å². The summed E-state index contributed by atoms with van der Waals surface area (Å²) in [7, 11) is 0. The number of hydrogen-bond acceptors (Lipinski definition) is 6. The highest BCUT2D eigenvalue weighted by molar-refractivity contribution is 5.93. The van der Waals surface area contributed by atoms with Crippen molar-refractivity contribution in [2.75, 3.05) is 6.54 Å². The Hall–Kier alpha value is -3.30. The van der Waals surface area contributed by atoms with Crippen molar-refractivity contribution in [1.29, 1.82) is 0 Å². The van der Waals surface area contributed by atoms with Crippen molar-refractivity contribution >= 4 is 28.8 Å². The number of aliphatic hydroxyl groups is 1. The second-order valence-corrected chi connectivity index (χ2v) is 10.8. The third kappa shape index (κ3) is 4.80. The van der Waals surface area contributed by atoms with E-state index in [0.717, 1.165) is 17.4 Å². The van der Waals surface area contributed by atoms with Crippen LogP contribution in [0.4, 0.5) is 4.39 Å². The molecule has 2 fully saturated rings. The maximum atomic E-state index is 14.1. The molecule has 1 saturated heterocycles. The van der Waals surface area contributed by atoms with Gasteiger partial charge in [0.25, 0.3) is 0 Å². The first-order chi connectivity index (χ1) is 18.0. The van der Waals surface area contributed by atoms with Gasteiger partial charge in [-0.25, -0.2) is 9.38 Å². The highest BCUT2D eigenvalue weighted by atomic mass is 19.1. The number of rotatable bonds is 9. The molecular formula is C29H38FN5O3. The van der Waals surface area contributed by atoms with Gasteiger partial charge in [0.2, 0.25) is 5.91 Å². The van der Waals surface area contributed by atoms with Crippen molar-refractivity contribution in [3.63, 3.8) is 0 Å². The molecule has 5 N–H and O–H groups in total. The monoisotopic (exact) mass is 523 g/mol. The van der Waals surface area contributed by atoms with Crippen molar-refractivity contribution in [2.24, 2.45) is 22.1 Å². The summed E-state index contributed by atoms with van der Waals surface area (Å²) in [5.74, 6) is -0.978. The van der Waals surface area contributed by atoms with E-state index in [9.17, 15) is 19.1 Å². The summed E-state index contributed by atoms with van der Waals surface area (Å²) >= 11 is 0. The summed E-state index contributed by atoms with van der Waals surface area (Å²) in [5.41, 5.74) is 6.85. The first-order valence-electron chi connectivity index (χ1n) is 13.2. The summed E-state index contributed by atoms with van der Waals surface area (Å²) in [6.07, 6.45) is 7.55. The van der Waals surface area contributed by atoms with Gasteiger partial charge in [-0.2, -0.15) is 0 Å². The van der Waals surface area contributed by atoms with E-state index in [4.69, 9.17) is 5.73 Å². The molecule has 1 aromatic heterocycles. The number of carbonyl (C=O) groups is 2. The predicted molar refractivity (Wildman–Crippen MR) is 147 cm³/mol. The molecule has 1 amide bonds. The molecule has 1 aromatic carbocycles. The van der Waals surface area contributed by atoms with Crippen molar-refractivity contribution in [1.82, 2.24) is 15.2 Å². The number of aliphatic imine (C=N–C) groups is 1. The van der Waals surface area contributed by atoms with Crippen LogP contribution in [0, 0.1) is 17.2 Å². The van der Waals surface area contributed by atoms with Crippen LogP contribution in [0.1, 0.15) is 52.0 Å². The Morgan fingerprint density at radius 2 is 2.11 bits per heavy atom. The van der Waals surface area contributed by atoms with Gasteiger partial charge < -0.3 is 26.0 Å². The number of nitrogens with one attached hydrogen (secondary N) is 2. The molecule has 38 heavy (non-hydrogen) atoms. The van der Waals surface area contributed by atoms with Crippen LogP contribution in [-0.2, 0) is 9.59 Å². The van der Waals surface area contributed by atoms with Gasteiger partial charge >= 0.3 is 0 Å². The molecule has 1 saturated carbocycles. The highest BCUT2D eigenvalue weighted by Gasteiger charge is 2.62. The zero-order valence-electron chi connectivity index (χ0n) is 22.4. The average molecular weight is 524 g/mol. The van der Waals surface area contributed by atoms with Gasteiger partial charge in [-0.3, -0.25) is 9.59 Å². The molecular weight excluding hydrogens is 485 g/mol. The number of amides is 1. The summed E-state index contributed by atoms with van der Waals surface area (Å²) in [5, 5.41) is 14.1. The highest BCUT2D eigenvalue weighted by Crippen LogP contribution is 2.60. The van der Waals surface area contributed by atoms with Gasteiger partial charge in [0, 0.05) is 53.2 Å². The minimum absolute atomic E-state index is 0.0408. The summed E-state index contributed by atoms with van der Waals surface area (Å²) in [6, 6.07) is 2.75. The van der Waals surface area contributed by atoms with Crippen LogP contribution in [0.25, 0.3) is 10.9 Å². The molecule has 0 bridgehead atoms. The molecule has 8 nitrogen and oxygen atoms in total. The Morgan fingerprint density at radius 3 is 2.76 bits per heavy atom. The maximum absolute atomic E-state index is 14.1. The molecule has 0 radical (unpaired) electrons. The van der Waals surface area contributed by atoms with Crippen LogP contribution >= 0.6 is 0 Å². The van der Waals surface area contributed by atoms with Crippen molar-refractivity contribution in [3.8, 4) is 0 Å². The second kappa shape index (κ2) is 10.8. The lowest BCUT2D eigenvalue weighted by Gasteiger charge is -2.38. The quantitative estimate of drug-likeness (QED) is 0.375. The standard InChI is InChI=1S/C29H38FN5O3/c1-6-7-12-32-18(4)35-15-23(21-14-33-24-13-19(30)8-9-20(21)24)29(5)22(10-11-25(29)35)27(37)26(17(3)36)34-28(38)16(2)31/h6-9,12-14,16-17,22-23,25-26,33,36H,4,10-11,15,31H2,1-3,5H3,(H,34,38)/b7-6-,32-12-/t16-,17?,22?,23+,25?,26?,29+/m0/s1. The Labute approximate surface area is 222 Å². The fraction of sp³-hybridized carbons (Fsp3) is 0.483. The number of ketones is 1. The molecule has 1 aliphatic carbocycles. The molecule has 0 spiro atoms. The first-order valence-corrected chi connectivity index (χ1v) is 13.2. The van der Waals surface area contributed by atoms with Crippen LogP contribution in [-0.4, -0.2) is 63.7 Å². The van der Waals surface area contributed by atoms with E-state index >= 15 is 0 Å². The number of H-pyrrole nitrogens is 1. The van der Waals surface area contributed by atoms with Crippen molar-refractivity contribution in [2.45, 2.75) is 70.7 Å². The first kappa shape index (κ1) is 27.7. The lowest BCUT2D eigenvalue weighted by atomic mass is 9.65. The van der Waals surface area contributed by atoms with E-state index in [1.165, 1.54) is 26.0 Å². The smallest absolute Gasteiger partial charge is 0.237 e. The second-order valence-electron chi connectivity index (χ2n) is 10.8. The number of halogens is 1. The lowest BCUT2D eigenvalue weighted by Crippen LogP contribution is -2.55. The Morgan fingerprint density at radius 1 is 1.37 bits per heavy atom. The summed E-state index contributed by atoms with van der Waals surface area (Å²) < 4.78 is 13.9. The van der Waals surface area contributed by atoms with Gasteiger partial charge in [0.15, 0.2) is 5.78 Å². The number of Topliss-reactive ketones (excluding diaryl/α,β-unsaturated/α-hetero) is 1. The number of aromatic nitrogens is 1. The Bertz CT molecular complexity index is 1280. The van der Waals surface area contributed by atoms with Crippen LogP contribution in [0.2, 0.25) is 0 Å². The number of nitrogens with two attached hydrogens (primary N) is 1. The summed E-state index contributed by atoms with van der Waals surface area (Å²) in [4.78, 5) is 36.3. The number of allylic oxidation sites excluding steroid dienone is 2. The zero-order valence-corrected chi connectivity index (χ0v) is 22.4. The van der Waals surface area contributed by atoms with Crippen LogP contribution < -0.4 is 11.1 Å². The topological polar surface area (TPSA) is 124 Å². The largest absolute Gasteiger partial charge is 0.391 e. The molecule has 7 atom stereocenters. The number of hydrogen-bond donors (Lipinski definition) is 4. The third-order valence-corrected chi connectivity index (χ3v) is 8.43. The molecule has 4 rings (SSSR count). The number of aromatic amines is 1. The SMILES string of the molecule is C=C(/N=C\C=C/C)N1C[C@H](c2c[nH]c3cc(F)ccc23)[C@@]2(C)C(C(=O)C(NC(=O)[C@H](C)N)C(C)O)CCC12. The molecule has 1 aliphatic heterocycles. The number of aliphatic hydroxyl groups excluding tert-OH is 1. The minimum Gasteiger partial charge on any atom is -0.391 e. The van der Waals surface area contributed by atoms with Gasteiger partial charge in [-0.05, 0) is 63.5 Å². The molecule has 2 heterocycles. The van der Waals surface area contributed by atoms with Crippen LogP contribution in [0.5, 0.6) is 0 Å². The number of nitrogens with zero attached hydrogens (tertiary/aromatic N) is 2. The van der Waals surface area contributed by atoms with E-state index in [2.05, 4.69) is 33.7 Å². The number of carbonyl (C=O) groups excluding carboxylic acids is 2. The Kier molecular flexibility index (Phi) is 7.90. The fourth-order valence-corrected chi connectivity index (χ4v) is 6.46. The molecule has 9 heteroatoms. The Balaban J connectivity index is 1.77. The van der Waals surface area contributed by atoms with E-state index in [1.807, 2.05) is 25.3 Å². The number of likely N-dealkylation sites (tertiary alicyclic amines) is 1. The minimum atomic E-state index is -1.08. The number of fused-ring (bicyclic) bond motifs is 2. The molecule has 2 aromatic rings. The van der Waals surface area contributed by atoms with E-state index in [-0.39, 0.29) is 23.6 Å². The zero-order chi connectivity index (χ0) is 27.8. The normalized spacial score (nSPS) is 27.7. The van der Waals surface area contributed by atoms with Gasteiger partial charge in [0.05, 0.1) is 12.1 Å². The third-order valence-electron chi connectivity index (χ3n) is 8.43. The predicted octanol–water partition coefficient (Wildman–Crippen LogP) is 3.39.